The second-order valence-electron chi connectivity index (χ2n) is 2.74. The predicted molar refractivity (Wildman–Crippen MR) is 53.1 cm³/mol. The molecule has 0 saturated carbocycles. The maximum atomic E-state index is 5.77. The molecule has 1 atom stereocenters. The molecule has 0 aromatic rings. The third-order valence-electron chi connectivity index (χ3n) is 1.82. The van der Waals surface area contributed by atoms with Gasteiger partial charge in [0.2, 0.25) is 0 Å². The van der Waals surface area contributed by atoms with Crippen molar-refractivity contribution in [3.05, 3.63) is 12.2 Å². The molecule has 1 unspecified atom stereocenters. The van der Waals surface area contributed by atoms with Crippen molar-refractivity contribution in [2.75, 3.05) is 0 Å². The molecule has 1 aliphatic rings. The predicted octanol–water partition coefficient (Wildman–Crippen LogP) is 3.49. The average Bonchev–Trinajstić information content (AvgIpc) is 2.01. The van der Waals surface area contributed by atoms with Crippen molar-refractivity contribution in [2.45, 2.75) is 51.8 Å². The van der Waals surface area contributed by atoms with Crippen LogP contribution in [0.25, 0.3) is 0 Å². The SMILES string of the molecule is CC.[B]C1CC/C=C\CCC1. The first-order valence-corrected chi connectivity index (χ1v) is 4.80. The number of hydrogen-bond donors (Lipinski definition) is 0. The normalized spacial score (nSPS) is 27.3. The molecule has 0 fully saturated rings. The van der Waals surface area contributed by atoms with Gasteiger partial charge in [-0.15, -0.1) is 0 Å². The van der Waals surface area contributed by atoms with Gasteiger partial charge in [0, 0.05) is 0 Å². The van der Waals surface area contributed by atoms with E-state index in [0.717, 1.165) is 0 Å². The van der Waals surface area contributed by atoms with Crippen molar-refractivity contribution in [2.24, 2.45) is 0 Å². The highest BCUT2D eigenvalue weighted by Crippen LogP contribution is 2.19. The molecule has 1 rings (SSSR count). The van der Waals surface area contributed by atoms with Crippen LogP contribution in [0.1, 0.15) is 46.0 Å². The Morgan fingerprint density at radius 1 is 1.09 bits per heavy atom. The van der Waals surface area contributed by atoms with Gasteiger partial charge in [-0.25, -0.2) is 0 Å². The maximum absolute atomic E-state index is 5.77. The molecular formula is C10H19B. The molecule has 0 aromatic carbocycles. The summed E-state index contributed by atoms with van der Waals surface area (Å²) in [5, 5.41) is 0. The molecule has 1 aliphatic carbocycles. The van der Waals surface area contributed by atoms with Crippen LogP contribution in [0.5, 0.6) is 0 Å². The molecule has 11 heavy (non-hydrogen) atoms. The Morgan fingerprint density at radius 3 is 2.45 bits per heavy atom. The Morgan fingerprint density at radius 2 is 1.73 bits per heavy atom. The van der Waals surface area contributed by atoms with E-state index >= 15 is 0 Å². The smallest absolute Gasteiger partial charge is 0.0699 e. The van der Waals surface area contributed by atoms with Crippen molar-refractivity contribution in [3.8, 4) is 0 Å². The van der Waals surface area contributed by atoms with E-state index in [2.05, 4.69) is 12.2 Å². The quantitative estimate of drug-likeness (QED) is 0.366. The summed E-state index contributed by atoms with van der Waals surface area (Å²) in [5.74, 6) is 0.468. The lowest BCUT2D eigenvalue weighted by Gasteiger charge is -2.10. The lowest BCUT2D eigenvalue weighted by Crippen LogP contribution is -1.93. The van der Waals surface area contributed by atoms with Crippen molar-refractivity contribution in [3.63, 3.8) is 0 Å². The summed E-state index contributed by atoms with van der Waals surface area (Å²) in [4.78, 5) is 0. The molecule has 0 bridgehead atoms. The Hall–Kier alpha value is -0.195. The van der Waals surface area contributed by atoms with Gasteiger partial charge in [0.1, 0.15) is 0 Å². The van der Waals surface area contributed by atoms with Crippen LogP contribution in [-0.2, 0) is 0 Å². The van der Waals surface area contributed by atoms with Gasteiger partial charge in [-0.05, 0) is 12.8 Å². The lowest BCUT2D eigenvalue weighted by molar-refractivity contribution is 0.637. The molecule has 0 aliphatic heterocycles. The Balaban J connectivity index is 0.000000461. The summed E-state index contributed by atoms with van der Waals surface area (Å²) in [6.07, 6.45) is 10.6. The standard InChI is InChI=1S/C8H13B.C2H6/c9-8-6-4-2-1-3-5-7-8;1-2/h1-2,8H,3-7H2;1-2H3/b2-1-;. The first-order valence-electron chi connectivity index (χ1n) is 4.80. The van der Waals surface area contributed by atoms with Gasteiger partial charge < -0.3 is 0 Å². The average molecular weight is 150 g/mol. The van der Waals surface area contributed by atoms with Gasteiger partial charge in [-0.2, -0.15) is 0 Å². The number of allylic oxidation sites excluding steroid dienone is 2. The molecular weight excluding hydrogens is 131 g/mol. The fraction of sp³-hybridized carbons (Fsp3) is 0.800. The monoisotopic (exact) mass is 150 g/mol. The van der Waals surface area contributed by atoms with Crippen LogP contribution in [0.3, 0.4) is 0 Å². The van der Waals surface area contributed by atoms with Crippen LogP contribution in [0.15, 0.2) is 12.2 Å². The lowest BCUT2D eigenvalue weighted by atomic mass is 9.79. The molecule has 0 N–H and O–H groups in total. The minimum absolute atomic E-state index is 0.468. The van der Waals surface area contributed by atoms with E-state index < -0.39 is 0 Å². The molecule has 1 heteroatoms. The van der Waals surface area contributed by atoms with Gasteiger partial charge in [0.05, 0.1) is 7.85 Å². The van der Waals surface area contributed by atoms with E-state index in [4.69, 9.17) is 7.85 Å². The van der Waals surface area contributed by atoms with Gasteiger partial charge in [-0.3, -0.25) is 0 Å². The highest BCUT2D eigenvalue weighted by Gasteiger charge is 2.00. The molecule has 0 spiro atoms. The van der Waals surface area contributed by atoms with Gasteiger partial charge in [0.25, 0.3) is 0 Å². The fourth-order valence-electron chi connectivity index (χ4n) is 1.19. The van der Waals surface area contributed by atoms with Crippen LogP contribution in [-0.4, -0.2) is 7.85 Å². The van der Waals surface area contributed by atoms with Gasteiger partial charge in [0.15, 0.2) is 0 Å². The number of rotatable bonds is 0. The van der Waals surface area contributed by atoms with Crippen molar-refractivity contribution < 1.29 is 0 Å². The van der Waals surface area contributed by atoms with Gasteiger partial charge in [-0.1, -0.05) is 51.1 Å². The Kier molecular flexibility index (Phi) is 7.77. The zero-order valence-corrected chi connectivity index (χ0v) is 7.84. The van der Waals surface area contributed by atoms with Crippen molar-refractivity contribution in [1.82, 2.24) is 0 Å². The van der Waals surface area contributed by atoms with E-state index in [0.29, 0.717) is 5.82 Å². The summed E-state index contributed by atoms with van der Waals surface area (Å²) in [6, 6.07) is 0. The van der Waals surface area contributed by atoms with E-state index in [9.17, 15) is 0 Å². The second kappa shape index (κ2) is 7.91. The summed E-state index contributed by atoms with van der Waals surface area (Å²) in [5.41, 5.74) is 0. The molecule has 0 nitrogen and oxygen atoms in total. The first kappa shape index (κ1) is 10.8. The molecule has 0 amide bonds. The zero-order chi connectivity index (χ0) is 8.53. The van der Waals surface area contributed by atoms with Crippen LogP contribution in [0, 0.1) is 0 Å². The van der Waals surface area contributed by atoms with Crippen LogP contribution < -0.4 is 0 Å². The third kappa shape index (κ3) is 6.21. The van der Waals surface area contributed by atoms with Crippen molar-refractivity contribution in [1.29, 1.82) is 0 Å². The van der Waals surface area contributed by atoms with E-state index in [1.165, 1.54) is 32.1 Å². The largest absolute Gasteiger partial charge is 0.0886 e. The summed E-state index contributed by atoms with van der Waals surface area (Å²) < 4.78 is 0. The molecule has 2 radical (unpaired) electrons. The summed E-state index contributed by atoms with van der Waals surface area (Å²) in [7, 11) is 5.77. The van der Waals surface area contributed by atoms with E-state index in [-0.39, 0.29) is 0 Å². The van der Waals surface area contributed by atoms with E-state index in [1.54, 1.807) is 0 Å². The third-order valence-corrected chi connectivity index (χ3v) is 1.82. The summed E-state index contributed by atoms with van der Waals surface area (Å²) in [6.45, 7) is 4.00. The molecule has 0 saturated heterocycles. The van der Waals surface area contributed by atoms with Crippen LogP contribution >= 0.6 is 0 Å². The number of hydrogen-bond acceptors (Lipinski definition) is 0. The van der Waals surface area contributed by atoms with Gasteiger partial charge >= 0.3 is 0 Å². The summed E-state index contributed by atoms with van der Waals surface area (Å²) >= 11 is 0. The van der Waals surface area contributed by atoms with Crippen molar-refractivity contribution >= 4 is 7.85 Å². The highest BCUT2D eigenvalue weighted by molar-refractivity contribution is 6.11. The van der Waals surface area contributed by atoms with Crippen LogP contribution in [0.2, 0.25) is 5.82 Å². The minimum atomic E-state index is 0.468. The second-order valence-corrected chi connectivity index (χ2v) is 2.74. The maximum Gasteiger partial charge on any atom is 0.0699 e. The molecule has 62 valence electrons. The first-order chi connectivity index (χ1) is 5.39. The van der Waals surface area contributed by atoms with Crippen LogP contribution in [0.4, 0.5) is 0 Å². The highest BCUT2D eigenvalue weighted by atomic mass is 14.0. The topological polar surface area (TPSA) is 0 Å². The fourth-order valence-corrected chi connectivity index (χ4v) is 1.19. The molecule has 0 heterocycles. The minimum Gasteiger partial charge on any atom is -0.0886 e. The Labute approximate surface area is 72.5 Å². The zero-order valence-electron chi connectivity index (χ0n) is 7.84. The Bertz CT molecular complexity index is 97.0. The molecule has 0 aromatic heterocycles. The van der Waals surface area contributed by atoms with E-state index in [1.807, 2.05) is 13.8 Å².